The predicted molar refractivity (Wildman–Crippen MR) is 104 cm³/mol. The topological polar surface area (TPSA) is 73.9 Å². The first-order valence-electron chi connectivity index (χ1n) is 8.75. The Morgan fingerprint density at radius 1 is 1.04 bits per heavy atom. The fourth-order valence-electron chi connectivity index (χ4n) is 2.26. The van der Waals surface area contributed by atoms with E-state index in [9.17, 15) is 0 Å². The summed E-state index contributed by atoms with van der Waals surface area (Å²) in [5.41, 5.74) is 7.20. The van der Waals surface area contributed by atoms with E-state index in [2.05, 4.69) is 54.8 Å². The summed E-state index contributed by atoms with van der Waals surface area (Å²) in [6.45, 7) is 9.04. The van der Waals surface area contributed by atoms with E-state index in [1.807, 2.05) is 12.1 Å². The largest absolute Gasteiger partial charge is 0.486 e. The second-order valence-electron chi connectivity index (χ2n) is 7.01. The van der Waals surface area contributed by atoms with Crippen LogP contribution in [0.4, 0.5) is 5.95 Å². The van der Waals surface area contributed by atoms with Crippen molar-refractivity contribution in [3.63, 3.8) is 0 Å². The lowest BCUT2D eigenvalue weighted by molar-refractivity contribution is 0.294. The quantitative estimate of drug-likeness (QED) is 0.547. The Morgan fingerprint density at radius 2 is 1.76 bits per heavy atom. The normalized spacial score (nSPS) is 11.5. The van der Waals surface area contributed by atoms with Crippen LogP contribution in [0.1, 0.15) is 58.3 Å². The van der Waals surface area contributed by atoms with Crippen molar-refractivity contribution in [3.8, 4) is 5.75 Å². The highest BCUT2D eigenvalue weighted by Gasteiger charge is 2.13. The zero-order valence-electron chi connectivity index (χ0n) is 15.6. The third kappa shape index (κ3) is 6.53. The Bertz CT molecular complexity index is 668. The van der Waals surface area contributed by atoms with Crippen LogP contribution in [0.15, 0.2) is 29.4 Å². The van der Waals surface area contributed by atoms with Crippen LogP contribution >= 0.6 is 11.8 Å². The predicted octanol–water partition coefficient (Wildman–Crippen LogP) is 4.61. The number of benzene rings is 1. The summed E-state index contributed by atoms with van der Waals surface area (Å²) >= 11 is 1.62. The summed E-state index contributed by atoms with van der Waals surface area (Å²) in [7, 11) is 0. The molecular weight excluding hydrogens is 332 g/mol. The molecule has 0 radical (unpaired) electrons. The van der Waals surface area contributed by atoms with Gasteiger partial charge in [0.25, 0.3) is 0 Å². The molecule has 0 spiro atoms. The van der Waals surface area contributed by atoms with Crippen LogP contribution in [0.2, 0.25) is 0 Å². The van der Waals surface area contributed by atoms with Gasteiger partial charge in [-0.25, -0.2) is 4.98 Å². The molecular formula is C19H28N4OS. The van der Waals surface area contributed by atoms with Gasteiger partial charge in [0.2, 0.25) is 5.95 Å². The van der Waals surface area contributed by atoms with E-state index >= 15 is 0 Å². The second-order valence-corrected chi connectivity index (χ2v) is 8.07. The molecule has 0 aliphatic heterocycles. The van der Waals surface area contributed by atoms with Crippen LogP contribution in [0.3, 0.4) is 0 Å². The average molecular weight is 361 g/mol. The SMILES string of the molecule is CCCCCSc1nc(N)nc(COc2ccc(C(C)(C)C)cc2)n1. The maximum atomic E-state index is 5.80. The van der Waals surface area contributed by atoms with Gasteiger partial charge in [0.15, 0.2) is 11.0 Å². The minimum absolute atomic E-state index is 0.130. The van der Waals surface area contributed by atoms with Gasteiger partial charge in [0.05, 0.1) is 0 Å². The van der Waals surface area contributed by atoms with E-state index in [0.29, 0.717) is 11.0 Å². The number of nitrogens with two attached hydrogens (primary N) is 1. The van der Waals surface area contributed by atoms with Crippen LogP contribution in [-0.4, -0.2) is 20.7 Å². The molecule has 0 saturated carbocycles. The second kappa shape index (κ2) is 9.04. The number of aromatic nitrogens is 3. The summed E-state index contributed by atoms with van der Waals surface area (Å²) in [6.07, 6.45) is 3.57. The van der Waals surface area contributed by atoms with Gasteiger partial charge in [-0.05, 0) is 29.5 Å². The van der Waals surface area contributed by atoms with Gasteiger partial charge in [0, 0.05) is 5.75 Å². The van der Waals surface area contributed by atoms with E-state index in [-0.39, 0.29) is 18.0 Å². The first kappa shape index (κ1) is 19.5. The summed E-state index contributed by atoms with van der Waals surface area (Å²) in [4.78, 5) is 12.8. The summed E-state index contributed by atoms with van der Waals surface area (Å²) in [5.74, 6) is 2.59. The van der Waals surface area contributed by atoms with Crippen molar-refractivity contribution < 1.29 is 4.74 Å². The monoisotopic (exact) mass is 360 g/mol. The lowest BCUT2D eigenvalue weighted by Gasteiger charge is -2.19. The Balaban J connectivity index is 1.94. The highest BCUT2D eigenvalue weighted by molar-refractivity contribution is 7.99. The first-order valence-corrected chi connectivity index (χ1v) is 9.73. The maximum Gasteiger partial charge on any atom is 0.224 e. The Morgan fingerprint density at radius 3 is 2.40 bits per heavy atom. The van der Waals surface area contributed by atoms with Crippen molar-refractivity contribution in [1.82, 2.24) is 15.0 Å². The molecule has 0 aliphatic carbocycles. The standard InChI is InChI=1S/C19H28N4OS/c1-5-6-7-12-25-18-22-16(21-17(20)23-18)13-24-15-10-8-14(9-11-15)19(2,3)4/h8-11H,5-7,12-13H2,1-4H3,(H2,20,21,22,23). The van der Waals surface area contributed by atoms with Crippen molar-refractivity contribution in [2.45, 2.75) is 64.1 Å². The molecule has 2 aromatic rings. The number of rotatable bonds is 8. The number of hydrogen-bond acceptors (Lipinski definition) is 6. The van der Waals surface area contributed by atoms with Crippen molar-refractivity contribution in [2.75, 3.05) is 11.5 Å². The molecule has 0 saturated heterocycles. The molecule has 2 N–H and O–H groups in total. The molecule has 0 atom stereocenters. The lowest BCUT2D eigenvalue weighted by Crippen LogP contribution is -2.11. The summed E-state index contributed by atoms with van der Waals surface area (Å²) < 4.78 is 5.80. The number of ether oxygens (including phenoxy) is 1. The smallest absolute Gasteiger partial charge is 0.224 e. The molecule has 25 heavy (non-hydrogen) atoms. The van der Waals surface area contributed by atoms with Crippen LogP contribution in [0, 0.1) is 0 Å². The van der Waals surface area contributed by atoms with Crippen molar-refractivity contribution in [3.05, 3.63) is 35.7 Å². The van der Waals surface area contributed by atoms with Gasteiger partial charge in [-0.2, -0.15) is 9.97 Å². The fraction of sp³-hybridized carbons (Fsp3) is 0.526. The van der Waals surface area contributed by atoms with Crippen LogP contribution in [-0.2, 0) is 12.0 Å². The molecule has 0 bridgehead atoms. The Hall–Kier alpha value is -1.82. The van der Waals surface area contributed by atoms with E-state index in [1.54, 1.807) is 11.8 Å². The van der Waals surface area contributed by atoms with E-state index in [4.69, 9.17) is 10.5 Å². The molecule has 1 heterocycles. The Labute approximate surface area is 154 Å². The van der Waals surface area contributed by atoms with Crippen molar-refractivity contribution in [1.29, 1.82) is 0 Å². The van der Waals surface area contributed by atoms with Crippen LogP contribution in [0.5, 0.6) is 5.75 Å². The average Bonchev–Trinajstić information content (AvgIpc) is 2.56. The molecule has 0 aliphatic rings. The number of anilines is 1. The molecule has 0 unspecified atom stereocenters. The molecule has 1 aromatic carbocycles. The minimum Gasteiger partial charge on any atom is -0.486 e. The van der Waals surface area contributed by atoms with E-state index < -0.39 is 0 Å². The molecule has 5 nitrogen and oxygen atoms in total. The van der Waals surface area contributed by atoms with Gasteiger partial charge in [-0.3, -0.25) is 0 Å². The zero-order chi connectivity index (χ0) is 18.3. The number of nitrogen functional groups attached to an aromatic ring is 1. The first-order chi connectivity index (χ1) is 11.9. The number of nitrogens with zero attached hydrogens (tertiary/aromatic N) is 3. The fourth-order valence-corrected chi connectivity index (χ4v) is 3.12. The Kier molecular flexibility index (Phi) is 7.05. The van der Waals surface area contributed by atoms with Crippen LogP contribution in [0.25, 0.3) is 0 Å². The zero-order valence-corrected chi connectivity index (χ0v) is 16.4. The number of unbranched alkanes of at least 4 members (excludes halogenated alkanes) is 2. The molecule has 0 amide bonds. The van der Waals surface area contributed by atoms with Crippen molar-refractivity contribution >= 4 is 17.7 Å². The third-order valence-electron chi connectivity index (χ3n) is 3.75. The van der Waals surface area contributed by atoms with Gasteiger partial charge in [0.1, 0.15) is 12.4 Å². The maximum absolute atomic E-state index is 5.80. The number of thioether (sulfide) groups is 1. The summed E-state index contributed by atoms with van der Waals surface area (Å²) in [6, 6.07) is 8.13. The van der Waals surface area contributed by atoms with Crippen LogP contribution < -0.4 is 10.5 Å². The highest BCUT2D eigenvalue weighted by atomic mass is 32.2. The van der Waals surface area contributed by atoms with E-state index in [0.717, 1.165) is 17.9 Å². The van der Waals surface area contributed by atoms with Gasteiger partial charge in [-0.15, -0.1) is 0 Å². The molecule has 1 aromatic heterocycles. The molecule has 0 fully saturated rings. The van der Waals surface area contributed by atoms with Gasteiger partial charge in [-0.1, -0.05) is 64.4 Å². The summed E-state index contributed by atoms with van der Waals surface area (Å²) in [5, 5.41) is 0.672. The minimum atomic E-state index is 0.130. The van der Waals surface area contributed by atoms with Crippen molar-refractivity contribution in [2.24, 2.45) is 0 Å². The third-order valence-corrected chi connectivity index (χ3v) is 4.68. The van der Waals surface area contributed by atoms with E-state index in [1.165, 1.54) is 18.4 Å². The van der Waals surface area contributed by atoms with Gasteiger partial charge >= 0.3 is 0 Å². The molecule has 2 rings (SSSR count). The molecule has 6 heteroatoms. The lowest BCUT2D eigenvalue weighted by atomic mass is 9.87. The molecule has 136 valence electrons. The highest BCUT2D eigenvalue weighted by Crippen LogP contribution is 2.24. The number of hydrogen-bond donors (Lipinski definition) is 1. The van der Waals surface area contributed by atoms with Gasteiger partial charge < -0.3 is 10.5 Å².